The summed E-state index contributed by atoms with van der Waals surface area (Å²) < 4.78 is 5.44. The second-order valence-corrected chi connectivity index (χ2v) is 5.71. The molecular formula is C16H26N6O. The molecular weight excluding hydrogens is 292 g/mol. The number of nitrogen functional groups attached to an aromatic ring is 1. The first-order valence-electron chi connectivity index (χ1n) is 7.86. The van der Waals surface area contributed by atoms with Gasteiger partial charge in [-0.25, -0.2) is 5.43 Å². The average Bonchev–Trinajstić information content (AvgIpc) is 2.50. The van der Waals surface area contributed by atoms with Crippen LogP contribution in [0.25, 0.3) is 0 Å². The Morgan fingerprint density at radius 1 is 1.35 bits per heavy atom. The van der Waals surface area contributed by atoms with Crippen LogP contribution in [0.5, 0.6) is 6.01 Å². The lowest BCUT2D eigenvalue weighted by molar-refractivity contribution is 0.294. The van der Waals surface area contributed by atoms with Crippen LogP contribution in [-0.2, 0) is 0 Å². The number of rotatable bonds is 8. The number of allylic oxidation sites excluding steroid dienone is 3. The van der Waals surface area contributed by atoms with Gasteiger partial charge >= 0.3 is 6.01 Å². The molecule has 1 aliphatic rings. The Morgan fingerprint density at radius 3 is 2.96 bits per heavy atom. The Labute approximate surface area is 137 Å². The van der Waals surface area contributed by atoms with E-state index >= 15 is 0 Å². The van der Waals surface area contributed by atoms with Crippen LogP contribution in [-0.4, -0.2) is 36.7 Å². The van der Waals surface area contributed by atoms with Crippen molar-refractivity contribution >= 4 is 11.6 Å². The average molecular weight is 318 g/mol. The Hall–Kier alpha value is -2.12. The molecule has 1 aromatic heterocycles. The number of nitrogens with zero attached hydrogens (tertiary/aromatic N) is 2. The number of hydrogen-bond donors (Lipinski definition) is 4. The van der Waals surface area contributed by atoms with Crippen LogP contribution < -0.4 is 26.6 Å². The number of nitrogens with two attached hydrogens (primary N) is 1. The zero-order chi connectivity index (χ0) is 16.7. The Morgan fingerprint density at radius 2 is 2.17 bits per heavy atom. The van der Waals surface area contributed by atoms with Gasteiger partial charge in [-0.05, 0) is 25.8 Å². The molecule has 2 rings (SSSR count). The molecule has 7 heteroatoms. The van der Waals surface area contributed by atoms with Crippen molar-refractivity contribution in [3.05, 3.63) is 29.9 Å². The van der Waals surface area contributed by atoms with Crippen molar-refractivity contribution in [3.63, 3.8) is 0 Å². The predicted octanol–water partition coefficient (Wildman–Crippen LogP) is 1.34. The minimum absolute atomic E-state index is 0.272. The van der Waals surface area contributed by atoms with Crippen molar-refractivity contribution in [1.82, 2.24) is 20.7 Å². The number of likely N-dealkylation sites (N-methyl/N-ethyl adjacent to an activating group) is 1. The van der Waals surface area contributed by atoms with Crippen LogP contribution in [0.15, 0.2) is 29.9 Å². The highest BCUT2D eigenvalue weighted by Gasteiger charge is 2.15. The molecule has 0 aliphatic heterocycles. The van der Waals surface area contributed by atoms with Crippen molar-refractivity contribution < 1.29 is 4.74 Å². The van der Waals surface area contributed by atoms with E-state index in [0.717, 1.165) is 13.1 Å². The van der Waals surface area contributed by atoms with Crippen LogP contribution in [0.2, 0.25) is 0 Å². The fourth-order valence-corrected chi connectivity index (χ4v) is 2.31. The molecule has 126 valence electrons. The molecule has 1 heterocycles. The summed E-state index contributed by atoms with van der Waals surface area (Å²) in [6, 6.07) is 1.94. The lowest BCUT2D eigenvalue weighted by atomic mass is 9.87. The third-order valence-electron chi connectivity index (χ3n) is 3.68. The maximum absolute atomic E-state index is 5.79. The van der Waals surface area contributed by atoms with Crippen molar-refractivity contribution in [1.29, 1.82) is 0 Å². The maximum Gasteiger partial charge on any atom is 0.320 e. The van der Waals surface area contributed by atoms with Gasteiger partial charge in [0, 0.05) is 19.2 Å². The van der Waals surface area contributed by atoms with Crippen molar-refractivity contribution in [3.8, 4) is 6.01 Å². The summed E-state index contributed by atoms with van der Waals surface area (Å²) in [6.07, 6.45) is 6.67. The van der Waals surface area contributed by atoms with E-state index in [-0.39, 0.29) is 6.01 Å². The molecule has 1 aliphatic carbocycles. The first kappa shape index (κ1) is 17.2. The zero-order valence-corrected chi connectivity index (χ0v) is 14.0. The topological polar surface area (TPSA) is 97.1 Å². The van der Waals surface area contributed by atoms with E-state index in [1.807, 2.05) is 7.05 Å². The Kier molecular flexibility index (Phi) is 6.37. The van der Waals surface area contributed by atoms with Gasteiger partial charge in [0.15, 0.2) is 0 Å². The largest absolute Gasteiger partial charge is 0.462 e. The van der Waals surface area contributed by atoms with Gasteiger partial charge in [-0.2, -0.15) is 9.97 Å². The van der Waals surface area contributed by atoms with Gasteiger partial charge in [-0.1, -0.05) is 30.7 Å². The summed E-state index contributed by atoms with van der Waals surface area (Å²) in [5.74, 6) is 1.91. The van der Waals surface area contributed by atoms with Crippen LogP contribution in [0.1, 0.15) is 13.8 Å². The monoisotopic (exact) mass is 318 g/mol. The molecule has 2 atom stereocenters. The SMILES string of the molecule is CNCCOc1nc(N)cc(NNCC2C=C(C)C=CC2C)n1. The second kappa shape index (κ2) is 8.50. The highest BCUT2D eigenvalue weighted by molar-refractivity contribution is 5.45. The molecule has 1 aromatic rings. The molecule has 23 heavy (non-hydrogen) atoms. The number of anilines is 2. The van der Waals surface area contributed by atoms with E-state index < -0.39 is 0 Å². The van der Waals surface area contributed by atoms with Gasteiger partial charge in [-0.3, -0.25) is 0 Å². The molecule has 2 unspecified atom stereocenters. The summed E-state index contributed by atoms with van der Waals surface area (Å²) in [5.41, 5.74) is 13.3. The van der Waals surface area contributed by atoms with E-state index in [0.29, 0.717) is 30.1 Å². The fourth-order valence-electron chi connectivity index (χ4n) is 2.31. The number of hydrazine groups is 1. The third-order valence-corrected chi connectivity index (χ3v) is 3.68. The van der Waals surface area contributed by atoms with Crippen LogP contribution >= 0.6 is 0 Å². The molecule has 0 amide bonds. The summed E-state index contributed by atoms with van der Waals surface area (Å²) in [5, 5.41) is 2.99. The highest BCUT2D eigenvalue weighted by atomic mass is 16.5. The maximum atomic E-state index is 5.79. The summed E-state index contributed by atoms with van der Waals surface area (Å²) >= 11 is 0. The van der Waals surface area contributed by atoms with Crippen molar-refractivity contribution in [2.75, 3.05) is 37.9 Å². The Balaban J connectivity index is 1.86. The van der Waals surface area contributed by atoms with Gasteiger partial charge < -0.3 is 21.2 Å². The van der Waals surface area contributed by atoms with Crippen molar-refractivity contribution in [2.24, 2.45) is 11.8 Å². The molecule has 0 saturated heterocycles. The molecule has 5 N–H and O–H groups in total. The Bertz CT molecular complexity index is 572. The minimum atomic E-state index is 0.272. The minimum Gasteiger partial charge on any atom is -0.462 e. The zero-order valence-electron chi connectivity index (χ0n) is 14.0. The molecule has 7 nitrogen and oxygen atoms in total. The van der Waals surface area contributed by atoms with Gasteiger partial charge in [0.25, 0.3) is 0 Å². The normalized spacial score (nSPS) is 20.2. The van der Waals surface area contributed by atoms with E-state index in [2.05, 4.69) is 58.2 Å². The number of nitrogens with one attached hydrogen (secondary N) is 3. The quantitative estimate of drug-likeness (QED) is 0.424. The van der Waals surface area contributed by atoms with Gasteiger partial charge in [-0.15, -0.1) is 0 Å². The van der Waals surface area contributed by atoms with Crippen molar-refractivity contribution in [2.45, 2.75) is 13.8 Å². The van der Waals surface area contributed by atoms with Gasteiger partial charge in [0.1, 0.15) is 18.2 Å². The second-order valence-electron chi connectivity index (χ2n) is 5.71. The standard InChI is InChI=1S/C16H26N6O/c1-11-4-5-12(2)13(8-11)10-19-22-15-9-14(17)20-16(21-15)23-7-6-18-3/h4-5,8-9,12-13,18-19H,6-7,10H2,1-3H3,(H3,17,20,21,22). The van der Waals surface area contributed by atoms with E-state index in [1.54, 1.807) is 6.07 Å². The van der Waals surface area contributed by atoms with E-state index in [9.17, 15) is 0 Å². The van der Waals surface area contributed by atoms with E-state index in [4.69, 9.17) is 10.5 Å². The molecule has 0 saturated carbocycles. The van der Waals surface area contributed by atoms with E-state index in [1.165, 1.54) is 5.57 Å². The molecule has 0 bridgehead atoms. The van der Waals surface area contributed by atoms with Crippen LogP contribution in [0.4, 0.5) is 11.6 Å². The van der Waals surface area contributed by atoms with Crippen LogP contribution in [0, 0.1) is 11.8 Å². The van der Waals surface area contributed by atoms with Gasteiger partial charge in [0.05, 0.1) is 0 Å². The number of hydrogen-bond acceptors (Lipinski definition) is 7. The highest BCUT2D eigenvalue weighted by Crippen LogP contribution is 2.21. The predicted molar refractivity (Wildman–Crippen MR) is 93.0 cm³/mol. The number of ether oxygens (including phenoxy) is 1. The fraction of sp³-hybridized carbons (Fsp3) is 0.500. The lowest BCUT2D eigenvalue weighted by Gasteiger charge is -2.22. The molecule has 0 radical (unpaired) electrons. The molecule has 0 fully saturated rings. The van der Waals surface area contributed by atoms with Crippen LogP contribution in [0.3, 0.4) is 0 Å². The summed E-state index contributed by atoms with van der Waals surface area (Å²) in [4.78, 5) is 8.33. The number of aromatic nitrogens is 2. The first-order valence-corrected chi connectivity index (χ1v) is 7.86. The summed E-state index contributed by atoms with van der Waals surface area (Å²) in [6.45, 7) is 6.33. The molecule has 0 spiro atoms. The summed E-state index contributed by atoms with van der Waals surface area (Å²) in [7, 11) is 1.86. The first-order chi connectivity index (χ1) is 11.1. The third kappa shape index (κ3) is 5.54. The molecule has 0 aromatic carbocycles. The van der Waals surface area contributed by atoms with Gasteiger partial charge in [0.2, 0.25) is 0 Å². The smallest absolute Gasteiger partial charge is 0.320 e. The lowest BCUT2D eigenvalue weighted by Crippen LogP contribution is -2.31.